The molecule has 1 atom stereocenters. The lowest BCUT2D eigenvalue weighted by Gasteiger charge is -2.07. The largest absolute Gasteiger partial charge is 0.359 e. The van der Waals surface area contributed by atoms with Crippen LogP contribution in [-0.2, 0) is 4.74 Å². The zero-order valence-electron chi connectivity index (χ0n) is 10.6. The molecule has 1 nitrogen and oxygen atoms in total. The van der Waals surface area contributed by atoms with Crippen LogP contribution in [0.15, 0.2) is 35.2 Å². The van der Waals surface area contributed by atoms with Crippen molar-refractivity contribution in [2.24, 2.45) is 0 Å². The second-order valence-electron chi connectivity index (χ2n) is 3.78. The van der Waals surface area contributed by atoms with E-state index in [0.717, 1.165) is 6.42 Å². The number of ether oxygens (including phenoxy) is 1. The van der Waals surface area contributed by atoms with E-state index in [0.29, 0.717) is 0 Å². The van der Waals surface area contributed by atoms with Gasteiger partial charge in [-0.2, -0.15) is 0 Å². The molecule has 0 aliphatic carbocycles. The van der Waals surface area contributed by atoms with Crippen molar-refractivity contribution in [2.75, 3.05) is 7.11 Å². The highest BCUT2D eigenvalue weighted by atomic mass is 32.2. The van der Waals surface area contributed by atoms with Crippen LogP contribution in [0.3, 0.4) is 0 Å². The van der Waals surface area contributed by atoms with Crippen molar-refractivity contribution < 1.29 is 4.74 Å². The fraction of sp³-hybridized carbons (Fsp3) is 0.467. The van der Waals surface area contributed by atoms with E-state index in [2.05, 4.69) is 30.9 Å². The van der Waals surface area contributed by atoms with Gasteiger partial charge in [-0.3, -0.25) is 0 Å². The first kappa shape index (κ1) is 14.2. The summed E-state index contributed by atoms with van der Waals surface area (Å²) < 4.78 is 5.35. The number of thioether (sulfide) groups is 1. The Morgan fingerprint density at radius 3 is 2.65 bits per heavy atom. The number of unbranched alkanes of at least 4 members (excludes halogenated alkanes) is 3. The highest BCUT2D eigenvalue weighted by Gasteiger charge is 2.04. The first-order chi connectivity index (χ1) is 8.36. The minimum Gasteiger partial charge on any atom is -0.359 e. The third kappa shape index (κ3) is 6.41. The van der Waals surface area contributed by atoms with Gasteiger partial charge < -0.3 is 4.74 Å². The average Bonchev–Trinajstić information content (AvgIpc) is 2.38. The summed E-state index contributed by atoms with van der Waals surface area (Å²) in [5.41, 5.74) is -0.0565. The Labute approximate surface area is 109 Å². The van der Waals surface area contributed by atoms with Gasteiger partial charge in [0.05, 0.1) is 0 Å². The molecule has 0 bridgehead atoms. The Hall–Kier alpha value is -0.910. The molecule has 0 saturated carbocycles. The van der Waals surface area contributed by atoms with Gasteiger partial charge in [0.15, 0.2) is 5.44 Å². The van der Waals surface area contributed by atoms with Gasteiger partial charge in [-0.15, -0.1) is 0 Å². The second-order valence-corrected chi connectivity index (χ2v) is 4.91. The molecule has 0 N–H and O–H groups in total. The molecule has 17 heavy (non-hydrogen) atoms. The molecule has 0 spiro atoms. The molecule has 0 aliphatic heterocycles. The maximum absolute atomic E-state index is 5.35. The average molecular weight is 248 g/mol. The summed E-state index contributed by atoms with van der Waals surface area (Å²) in [6, 6.07) is 10.2. The summed E-state index contributed by atoms with van der Waals surface area (Å²) in [5.74, 6) is 6.36. The molecular weight excluding hydrogens is 228 g/mol. The Morgan fingerprint density at radius 2 is 2.00 bits per heavy atom. The number of benzene rings is 1. The minimum absolute atomic E-state index is 0.0565. The fourth-order valence-electron chi connectivity index (χ4n) is 1.38. The molecule has 1 unspecified atom stereocenters. The van der Waals surface area contributed by atoms with Crippen LogP contribution in [0.25, 0.3) is 0 Å². The number of hydrogen-bond acceptors (Lipinski definition) is 2. The van der Waals surface area contributed by atoms with Crippen molar-refractivity contribution in [1.82, 2.24) is 0 Å². The summed E-state index contributed by atoms with van der Waals surface area (Å²) in [6.45, 7) is 2.21. The van der Waals surface area contributed by atoms with Crippen molar-refractivity contribution in [2.45, 2.75) is 42.9 Å². The monoisotopic (exact) mass is 248 g/mol. The lowest BCUT2D eigenvalue weighted by atomic mass is 10.2. The van der Waals surface area contributed by atoms with Crippen LogP contribution in [-0.4, -0.2) is 12.5 Å². The van der Waals surface area contributed by atoms with Gasteiger partial charge in [0.25, 0.3) is 0 Å². The highest BCUT2D eigenvalue weighted by molar-refractivity contribution is 8.00. The quantitative estimate of drug-likeness (QED) is 0.321. The molecule has 1 aromatic rings. The van der Waals surface area contributed by atoms with E-state index in [1.165, 1.54) is 24.2 Å². The van der Waals surface area contributed by atoms with Crippen molar-refractivity contribution in [1.29, 1.82) is 0 Å². The van der Waals surface area contributed by atoms with E-state index >= 15 is 0 Å². The summed E-state index contributed by atoms with van der Waals surface area (Å²) in [7, 11) is 1.71. The molecule has 0 saturated heterocycles. The van der Waals surface area contributed by atoms with E-state index in [4.69, 9.17) is 4.74 Å². The normalized spacial score (nSPS) is 11.6. The van der Waals surface area contributed by atoms with Crippen molar-refractivity contribution in [3.05, 3.63) is 30.3 Å². The molecule has 0 aromatic heterocycles. The lowest BCUT2D eigenvalue weighted by molar-refractivity contribution is 0.214. The molecule has 0 aliphatic rings. The summed E-state index contributed by atoms with van der Waals surface area (Å²) in [6.07, 6.45) is 4.67. The van der Waals surface area contributed by atoms with Crippen molar-refractivity contribution in [3.63, 3.8) is 0 Å². The van der Waals surface area contributed by atoms with Crippen LogP contribution in [0, 0.1) is 11.8 Å². The molecule has 0 amide bonds. The Kier molecular flexibility index (Phi) is 7.62. The van der Waals surface area contributed by atoms with Gasteiger partial charge in [-0.25, -0.2) is 0 Å². The standard InChI is InChI=1S/C15H20OS/c1-3-4-5-6-10-13-15(16-2)17-14-11-8-7-9-12-14/h7-9,11-12,15H,3-6H2,1-2H3. The van der Waals surface area contributed by atoms with Crippen LogP contribution in [0.2, 0.25) is 0 Å². The number of rotatable bonds is 6. The van der Waals surface area contributed by atoms with Gasteiger partial charge in [0.2, 0.25) is 0 Å². The maximum atomic E-state index is 5.35. The van der Waals surface area contributed by atoms with Gasteiger partial charge >= 0.3 is 0 Å². The molecule has 1 aromatic carbocycles. The van der Waals surface area contributed by atoms with Gasteiger partial charge in [0, 0.05) is 18.4 Å². The highest BCUT2D eigenvalue weighted by Crippen LogP contribution is 2.22. The van der Waals surface area contributed by atoms with Crippen molar-refractivity contribution in [3.8, 4) is 11.8 Å². The van der Waals surface area contributed by atoms with Gasteiger partial charge in [0.1, 0.15) is 0 Å². The minimum atomic E-state index is -0.0565. The number of hydrogen-bond donors (Lipinski definition) is 0. The Balaban J connectivity index is 2.38. The number of methoxy groups -OCH3 is 1. The van der Waals surface area contributed by atoms with Crippen LogP contribution < -0.4 is 0 Å². The summed E-state index contributed by atoms with van der Waals surface area (Å²) in [5, 5.41) is 0. The molecule has 0 fully saturated rings. The second kappa shape index (κ2) is 9.15. The lowest BCUT2D eigenvalue weighted by Crippen LogP contribution is -2.01. The van der Waals surface area contributed by atoms with E-state index < -0.39 is 0 Å². The predicted octanol–water partition coefficient (Wildman–Crippen LogP) is 4.33. The van der Waals surface area contributed by atoms with E-state index in [1.807, 2.05) is 18.2 Å². The fourth-order valence-corrected chi connectivity index (χ4v) is 2.18. The van der Waals surface area contributed by atoms with E-state index in [9.17, 15) is 0 Å². The van der Waals surface area contributed by atoms with Crippen LogP contribution >= 0.6 is 11.8 Å². The molecule has 0 radical (unpaired) electrons. The Morgan fingerprint density at radius 1 is 1.24 bits per heavy atom. The third-order valence-electron chi connectivity index (χ3n) is 2.33. The maximum Gasteiger partial charge on any atom is 0.168 e. The Bertz CT molecular complexity index is 350. The topological polar surface area (TPSA) is 9.23 Å². The molecule has 92 valence electrons. The molecule has 1 rings (SSSR count). The summed E-state index contributed by atoms with van der Waals surface area (Å²) >= 11 is 1.66. The van der Waals surface area contributed by atoms with E-state index in [1.54, 1.807) is 18.9 Å². The van der Waals surface area contributed by atoms with Crippen LogP contribution in [0.5, 0.6) is 0 Å². The third-order valence-corrected chi connectivity index (χ3v) is 3.39. The van der Waals surface area contributed by atoms with Gasteiger partial charge in [-0.05, 0) is 18.6 Å². The zero-order chi connectivity index (χ0) is 12.3. The first-order valence-electron chi connectivity index (χ1n) is 6.09. The predicted molar refractivity (Wildman–Crippen MR) is 75.0 cm³/mol. The van der Waals surface area contributed by atoms with Crippen LogP contribution in [0.4, 0.5) is 0 Å². The molecule has 0 heterocycles. The van der Waals surface area contributed by atoms with Gasteiger partial charge in [-0.1, -0.05) is 61.6 Å². The smallest absolute Gasteiger partial charge is 0.168 e. The zero-order valence-corrected chi connectivity index (χ0v) is 11.4. The van der Waals surface area contributed by atoms with Crippen molar-refractivity contribution >= 4 is 11.8 Å². The SMILES string of the molecule is CCCCCC#CC(OC)Sc1ccccc1. The van der Waals surface area contributed by atoms with Crippen LogP contribution in [0.1, 0.15) is 32.6 Å². The summed E-state index contributed by atoms with van der Waals surface area (Å²) in [4.78, 5) is 1.20. The molecule has 2 heteroatoms. The molecular formula is C15H20OS. The first-order valence-corrected chi connectivity index (χ1v) is 6.97. The van der Waals surface area contributed by atoms with E-state index in [-0.39, 0.29) is 5.44 Å².